The van der Waals surface area contributed by atoms with Gasteiger partial charge in [-0.25, -0.2) is 4.99 Å². The molecule has 1 aromatic carbocycles. The molecule has 4 nitrogen and oxygen atoms in total. The number of likely N-dealkylation sites (tertiary alicyclic amines) is 1. The van der Waals surface area contributed by atoms with E-state index in [0.29, 0.717) is 17.9 Å². The maximum absolute atomic E-state index is 4.79. The number of nitrogens with one attached hydrogen (secondary N) is 1. The summed E-state index contributed by atoms with van der Waals surface area (Å²) in [5.41, 5.74) is 5.71. The fraction of sp³-hybridized carbons (Fsp3) is 0.625. The van der Waals surface area contributed by atoms with E-state index in [-0.39, 0.29) is 0 Å². The molecule has 2 aliphatic heterocycles. The summed E-state index contributed by atoms with van der Waals surface area (Å²) in [4.78, 5) is 11.9. The summed E-state index contributed by atoms with van der Waals surface area (Å²) in [5.74, 6) is 4.09. The summed E-state index contributed by atoms with van der Waals surface area (Å²) in [6.07, 6.45) is 16.4. The monoisotopic (exact) mass is 486 g/mol. The predicted octanol–water partition coefficient (Wildman–Crippen LogP) is 7.03. The minimum Gasteiger partial charge on any atom is -0.386 e. The largest absolute Gasteiger partial charge is 0.386 e. The molecule has 0 bridgehead atoms. The summed E-state index contributed by atoms with van der Waals surface area (Å²) in [6, 6.07) is 10.1. The van der Waals surface area contributed by atoms with Crippen molar-refractivity contribution in [2.45, 2.75) is 90.5 Å². The number of aliphatic imine (C=N–C) groups is 2. The molecule has 194 valence electrons. The molecule has 1 atom stereocenters. The Morgan fingerprint density at radius 1 is 1.06 bits per heavy atom. The van der Waals surface area contributed by atoms with Crippen LogP contribution in [0, 0.1) is 17.8 Å². The molecule has 2 heterocycles. The Hall–Kier alpha value is -2.36. The van der Waals surface area contributed by atoms with Crippen molar-refractivity contribution in [3.8, 4) is 0 Å². The number of hydrogen-bond donors (Lipinski definition) is 1. The second kappa shape index (κ2) is 11.8. The molecule has 0 amide bonds. The molecule has 2 aliphatic carbocycles. The molecular weight excluding hydrogens is 440 g/mol. The lowest BCUT2D eigenvalue weighted by atomic mass is 9.84. The average molecular weight is 487 g/mol. The number of aryl methyl sites for hydroxylation is 1. The van der Waals surface area contributed by atoms with Crippen molar-refractivity contribution in [3.05, 3.63) is 53.7 Å². The zero-order valence-corrected chi connectivity index (χ0v) is 22.6. The van der Waals surface area contributed by atoms with Gasteiger partial charge in [-0.2, -0.15) is 0 Å². The van der Waals surface area contributed by atoms with Crippen molar-refractivity contribution >= 4 is 17.2 Å². The highest BCUT2D eigenvalue weighted by Crippen LogP contribution is 2.34. The maximum Gasteiger partial charge on any atom is 0.128 e. The number of hydrogen-bond acceptors (Lipinski definition) is 4. The highest BCUT2D eigenvalue weighted by atomic mass is 15.2. The van der Waals surface area contributed by atoms with E-state index < -0.39 is 0 Å². The first-order valence-electron chi connectivity index (χ1n) is 14.7. The van der Waals surface area contributed by atoms with Gasteiger partial charge in [-0.15, -0.1) is 0 Å². The Balaban J connectivity index is 1.04. The van der Waals surface area contributed by atoms with E-state index in [2.05, 4.69) is 66.0 Å². The Morgan fingerprint density at radius 2 is 1.81 bits per heavy atom. The van der Waals surface area contributed by atoms with Crippen molar-refractivity contribution in [3.63, 3.8) is 0 Å². The molecule has 1 saturated carbocycles. The van der Waals surface area contributed by atoms with E-state index in [0.717, 1.165) is 37.8 Å². The van der Waals surface area contributed by atoms with E-state index in [4.69, 9.17) is 4.99 Å². The summed E-state index contributed by atoms with van der Waals surface area (Å²) < 4.78 is 0. The molecule has 0 spiro atoms. The van der Waals surface area contributed by atoms with Gasteiger partial charge in [-0.3, -0.25) is 4.99 Å². The van der Waals surface area contributed by atoms with Gasteiger partial charge in [0.15, 0.2) is 0 Å². The lowest BCUT2D eigenvalue weighted by Gasteiger charge is -2.33. The van der Waals surface area contributed by atoms with Gasteiger partial charge in [0.1, 0.15) is 11.7 Å². The quantitative estimate of drug-likeness (QED) is 0.428. The number of nitrogens with zero attached hydrogens (tertiary/aromatic N) is 3. The second-order valence-electron chi connectivity index (χ2n) is 11.9. The second-order valence-corrected chi connectivity index (χ2v) is 11.9. The third-order valence-electron chi connectivity index (χ3n) is 8.94. The van der Waals surface area contributed by atoms with Gasteiger partial charge >= 0.3 is 0 Å². The topological polar surface area (TPSA) is 40.0 Å². The average Bonchev–Trinajstić information content (AvgIpc) is 3.61. The van der Waals surface area contributed by atoms with Gasteiger partial charge in [-0.1, -0.05) is 63.6 Å². The lowest BCUT2D eigenvalue weighted by Crippen LogP contribution is -2.39. The van der Waals surface area contributed by atoms with Crippen LogP contribution < -0.4 is 5.32 Å². The fourth-order valence-corrected chi connectivity index (χ4v) is 6.44. The third-order valence-corrected chi connectivity index (χ3v) is 8.94. The normalized spacial score (nSPS) is 23.6. The first-order chi connectivity index (χ1) is 17.5. The van der Waals surface area contributed by atoms with E-state index in [1.807, 2.05) is 0 Å². The van der Waals surface area contributed by atoms with Crippen LogP contribution in [0.15, 0.2) is 52.6 Å². The Kier molecular flexibility index (Phi) is 8.29. The van der Waals surface area contributed by atoms with Crippen LogP contribution in [-0.4, -0.2) is 42.2 Å². The van der Waals surface area contributed by atoms with E-state index in [1.54, 1.807) is 0 Å². The molecule has 4 aliphatic rings. The lowest BCUT2D eigenvalue weighted by molar-refractivity contribution is 0.255. The van der Waals surface area contributed by atoms with Gasteiger partial charge in [0.2, 0.25) is 0 Å². The molecule has 4 heteroatoms. The summed E-state index contributed by atoms with van der Waals surface area (Å²) in [6.45, 7) is 11.8. The van der Waals surface area contributed by atoms with E-state index in [9.17, 15) is 0 Å². The SMILES string of the molecule is C=C(NC1CCCC1)C1CC=C(c2ccc(CCC3CCN(C4=NC(C(C)C)=NC4)CC3)cc2)CC1. The van der Waals surface area contributed by atoms with Gasteiger partial charge in [0.05, 0.1) is 6.54 Å². The summed E-state index contributed by atoms with van der Waals surface area (Å²) in [7, 11) is 0. The molecule has 0 radical (unpaired) electrons. The Morgan fingerprint density at radius 3 is 2.44 bits per heavy atom. The zero-order valence-electron chi connectivity index (χ0n) is 22.6. The van der Waals surface area contributed by atoms with Gasteiger partial charge in [0, 0.05) is 36.7 Å². The van der Waals surface area contributed by atoms with Crippen molar-refractivity contribution in [1.82, 2.24) is 10.2 Å². The van der Waals surface area contributed by atoms with Crippen LogP contribution in [0.25, 0.3) is 5.57 Å². The highest BCUT2D eigenvalue weighted by Gasteiger charge is 2.25. The van der Waals surface area contributed by atoms with Crippen LogP contribution in [0.1, 0.15) is 89.2 Å². The molecule has 2 fully saturated rings. The molecule has 1 saturated heterocycles. The molecule has 36 heavy (non-hydrogen) atoms. The number of rotatable bonds is 8. The van der Waals surface area contributed by atoms with Crippen molar-refractivity contribution in [1.29, 1.82) is 0 Å². The fourth-order valence-electron chi connectivity index (χ4n) is 6.44. The predicted molar refractivity (Wildman–Crippen MR) is 153 cm³/mol. The molecule has 0 aromatic heterocycles. The van der Waals surface area contributed by atoms with Crippen molar-refractivity contribution in [2.75, 3.05) is 19.6 Å². The first kappa shape index (κ1) is 25.3. The van der Waals surface area contributed by atoms with Crippen LogP contribution >= 0.6 is 0 Å². The number of piperidine rings is 1. The Bertz CT molecular complexity index is 985. The highest BCUT2D eigenvalue weighted by molar-refractivity contribution is 6.03. The molecule has 1 aromatic rings. The minimum atomic E-state index is 0.432. The third kappa shape index (κ3) is 6.30. The van der Waals surface area contributed by atoms with Crippen LogP contribution in [0.2, 0.25) is 0 Å². The standard InChI is InChI=1S/C32H46N4/c1-23(2)32-33-22-31(35-32)36-20-18-26(19-21-36)9-8-25-10-12-28(13-11-25)29-16-14-27(15-17-29)24(3)34-30-6-4-5-7-30/h10-13,16,23,26-27,30,34H,3-9,14-15,17-22H2,1-2H3. The zero-order chi connectivity index (χ0) is 24.9. The molecule has 1 N–H and O–H groups in total. The Labute approximate surface area is 219 Å². The van der Waals surface area contributed by atoms with Crippen molar-refractivity contribution < 1.29 is 0 Å². The van der Waals surface area contributed by atoms with Crippen molar-refractivity contribution in [2.24, 2.45) is 27.7 Å². The van der Waals surface area contributed by atoms with Gasteiger partial charge in [-0.05, 0) is 80.4 Å². The van der Waals surface area contributed by atoms with Crippen LogP contribution in [-0.2, 0) is 6.42 Å². The number of benzene rings is 1. The summed E-state index contributed by atoms with van der Waals surface area (Å²) >= 11 is 0. The van der Waals surface area contributed by atoms with E-state index >= 15 is 0 Å². The number of allylic oxidation sites excluding steroid dienone is 3. The van der Waals surface area contributed by atoms with Crippen LogP contribution in [0.3, 0.4) is 0 Å². The molecular formula is C32H46N4. The van der Waals surface area contributed by atoms with E-state index in [1.165, 1.54) is 92.4 Å². The number of amidine groups is 2. The minimum absolute atomic E-state index is 0.432. The van der Waals surface area contributed by atoms with Crippen LogP contribution in [0.4, 0.5) is 0 Å². The smallest absolute Gasteiger partial charge is 0.128 e. The maximum atomic E-state index is 4.79. The van der Waals surface area contributed by atoms with Gasteiger partial charge < -0.3 is 10.2 Å². The van der Waals surface area contributed by atoms with Gasteiger partial charge in [0.25, 0.3) is 0 Å². The molecule has 5 rings (SSSR count). The summed E-state index contributed by atoms with van der Waals surface area (Å²) in [5, 5.41) is 3.74. The van der Waals surface area contributed by atoms with Crippen LogP contribution in [0.5, 0.6) is 0 Å². The first-order valence-corrected chi connectivity index (χ1v) is 14.7. The molecule has 1 unspecified atom stereocenters.